The summed E-state index contributed by atoms with van der Waals surface area (Å²) in [7, 11) is 0. The molecular weight excluding hydrogens is 600 g/mol. The van der Waals surface area contributed by atoms with Crippen LogP contribution in [0.15, 0.2) is 67.0 Å². The van der Waals surface area contributed by atoms with Crippen molar-refractivity contribution in [2.45, 2.75) is 52.2 Å². The molecule has 0 saturated heterocycles. The normalized spacial score (nSPS) is 11.8. The van der Waals surface area contributed by atoms with Gasteiger partial charge in [0.25, 0.3) is 5.09 Å². The van der Waals surface area contributed by atoms with Crippen molar-refractivity contribution in [3.63, 3.8) is 0 Å². The van der Waals surface area contributed by atoms with Crippen LogP contribution in [0, 0.1) is 17.0 Å². The van der Waals surface area contributed by atoms with Gasteiger partial charge in [-0.3, -0.25) is 9.78 Å². The Balaban J connectivity index is 1.43. The fourth-order valence-corrected chi connectivity index (χ4v) is 5.30. The van der Waals surface area contributed by atoms with E-state index in [-0.39, 0.29) is 32.1 Å². The van der Waals surface area contributed by atoms with Gasteiger partial charge in [-0.1, -0.05) is 36.4 Å². The summed E-state index contributed by atoms with van der Waals surface area (Å²) >= 11 is 1.40. The monoisotopic (exact) mass is 634 g/mol. The quantitative estimate of drug-likeness (QED) is 0.109. The van der Waals surface area contributed by atoms with Gasteiger partial charge in [0.1, 0.15) is 18.8 Å². The molecule has 1 atom stereocenters. The molecule has 4 aromatic rings. The maximum atomic E-state index is 13.5. The Morgan fingerprint density at radius 2 is 1.78 bits per heavy atom. The predicted octanol–water partition coefficient (Wildman–Crippen LogP) is 5.96. The SMILES string of the molecule is Cc1ccc(CCO[N+](=O)[O-])cc1C(=O)OCc1ccc(C(CNC(=O)OC(C)(C)C)C(=O)Nc2cc3ccncc3s2)cc1. The highest BCUT2D eigenvalue weighted by Gasteiger charge is 2.24. The van der Waals surface area contributed by atoms with E-state index in [9.17, 15) is 24.5 Å². The van der Waals surface area contributed by atoms with E-state index in [0.29, 0.717) is 32.8 Å². The number of pyridine rings is 1. The van der Waals surface area contributed by atoms with Crippen LogP contribution in [0.4, 0.5) is 9.80 Å². The lowest BCUT2D eigenvalue weighted by atomic mass is 9.97. The zero-order valence-corrected chi connectivity index (χ0v) is 26.1. The number of thiophene rings is 1. The van der Waals surface area contributed by atoms with Crippen LogP contribution in [0.1, 0.15) is 59.3 Å². The van der Waals surface area contributed by atoms with E-state index in [2.05, 4.69) is 20.5 Å². The first kappa shape index (κ1) is 32.9. The molecule has 236 valence electrons. The zero-order chi connectivity index (χ0) is 32.6. The summed E-state index contributed by atoms with van der Waals surface area (Å²) in [4.78, 5) is 57.6. The van der Waals surface area contributed by atoms with Gasteiger partial charge in [-0.25, -0.2) is 9.59 Å². The molecule has 0 aliphatic rings. The van der Waals surface area contributed by atoms with Gasteiger partial charge in [0, 0.05) is 18.9 Å². The van der Waals surface area contributed by atoms with Crippen molar-refractivity contribution >= 4 is 44.4 Å². The molecule has 2 aromatic carbocycles. The van der Waals surface area contributed by atoms with Crippen molar-refractivity contribution in [1.29, 1.82) is 0 Å². The third-order valence-corrected chi connectivity index (χ3v) is 7.60. The molecule has 0 spiro atoms. The van der Waals surface area contributed by atoms with E-state index in [4.69, 9.17) is 9.47 Å². The Hall–Kier alpha value is -5.04. The lowest BCUT2D eigenvalue weighted by Gasteiger charge is -2.22. The second-order valence-corrected chi connectivity index (χ2v) is 12.3. The van der Waals surface area contributed by atoms with Crippen LogP contribution in [-0.4, -0.2) is 46.8 Å². The number of aromatic nitrogens is 1. The summed E-state index contributed by atoms with van der Waals surface area (Å²) in [5, 5.41) is 16.8. The number of ether oxygens (including phenoxy) is 2. The molecule has 0 bridgehead atoms. The predicted molar refractivity (Wildman–Crippen MR) is 169 cm³/mol. The number of esters is 1. The third kappa shape index (κ3) is 9.73. The van der Waals surface area contributed by atoms with Crippen molar-refractivity contribution in [2.75, 3.05) is 18.5 Å². The minimum absolute atomic E-state index is 0.0101. The van der Waals surface area contributed by atoms with Gasteiger partial charge in [-0.05, 0) is 80.0 Å². The number of hydrogen-bond donors (Lipinski definition) is 2. The average molecular weight is 635 g/mol. The lowest BCUT2D eigenvalue weighted by molar-refractivity contribution is -0.757. The Morgan fingerprint density at radius 3 is 2.47 bits per heavy atom. The van der Waals surface area contributed by atoms with Crippen molar-refractivity contribution in [1.82, 2.24) is 10.3 Å². The fourth-order valence-electron chi connectivity index (χ4n) is 4.37. The summed E-state index contributed by atoms with van der Waals surface area (Å²) in [6, 6.07) is 15.9. The number of alkyl carbamates (subject to hydrolysis) is 1. The number of carbonyl (C=O) groups excluding carboxylic acids is 3. The van der Waals surface area contributed by atoms with Gasteiger partial charge in [-0.2, -0.15) is 0 Å². The van der Waals surface area contributed by atoms with Gasteiger partial charge in [-0.15, -0.1) is 21.5 Å². The summed E-state index contributed by atoms with van der Waals surface area (Å²) in [6.07, 6.45) is 3.04. The third-order valence-electron chi connectivity index (χ3n) is 6.60. The van der Waals surface area contributed by atoms with E-state index >= 15 is 0 Å². The molecular formula is C32H34N4O8S. The van der Waals surface area contributed by atoms with Crippen LogP contribution in [0.2, 0.25) is 0 Å². The summed E-state index contributed by atoms with van der Waals surface area (Å²) in [6.45, 7) is 6.89. The highest BCUT2D eigenvalue weighted by Crippen LogP contribution is 2.30. The largest absolute Gasteiger partial charge is 0.457 e. The minimum atomic E-state index is -0.857. The maximum Gasteiger partial charge on any atom is 0.407 e. The first-order chi connectivity index (χ1) is 21.4. The standard InChI is InChI=1S/C32H34N4O8S/c1-20-5-6-21(12-14-43-36(40)41)15-25(20)30(38)42-19-22-7-9-23(10-8-22)26(17-34-31(39)44-32(2,3)4)29(37)35-28-16-24-11-13-33-18-27(24)45-28/h5-11,13,15-16,18,26H,12,14,17,19H2,1-4H3,(H,34,39)(H,35,37). The molecule has 4 rings (SSSR count). The van der Waals surface area contributed by atoms with Crippen molar-refractivity contribution in [2.24, 2.45) is 0 Å². The fraction of sp³-hybridized carbons (Fsp3) is 0.312. The van der Waals surface area contributed by atoms with Crippen LogP contribution >= 0.6 is 11.3 Å². The molecule has 0 radical (unpaired) electrons. The van der Waals surface area contributed by atoms with Gasteiger partial charge in [0.2, 0.25) is 5.91 Å². The van der Waals surface area contributed by atoms with Crippen molar-refractivity contribution < 1.29 is 33.8 Å². The van der Waals surface area contributed by atoms with E-state index in [1.54, 1.807) is 82.6 Å². The van der Waals surface area contributed by atoms with Crippen LogP contribution in [0.3, 0.4) is 0 Å². The van der Waals surface area contributed by atoms with E-state index in [1.165, 1.54) is 11.3 Å². The first-order valence-electron chi connectivity index (χ1n) is 14.1. The second kappa shape index (κ2) is 14.6. The molecule has 0 aliphatic heterocycles. The molecule has 1 unspecified atom stereocenters. The second-order valence-electron chi connectivity index (χ2n) is 11.2. The van der Waals surface area contributed by atoms with Crippen molar-refractivity contribution in [3.8, 4) is 0 Å². The first-order valence-corrected chi connectivity index (χ1v) is 14.9. The van der Waals surface area contributed by atoms with E-state index in [1.807, 2.05) is 12.1 Å². The Morgan fingerprint density at radius 1 is 1.04 bits per heavy atom. The summed E-state index contributed by atoms with van der Waals surface area (Å²) in [5.41, 5.74) is 2.40. The number of rotatable bonds is 12. The number of anilines is 1. The van der Waals surface area contributed by atoms with E-state index in [0.717, 1.165) is 10.1 Å². The number of nitrogens with zero attached hydrogens (tertiary/aromatic N) is 2. The summed E-state index contributed by atoms with van der Waals surface area (Å²) in [5.74, 6) is -1.60. The Labute approximate surface area is 263 Å². The average Bonchev–Trinajstić information content (AvgIpc) is 3.38. The van der Waals surface area contributed by atoms with Crippen LogP contribution in [0.5, 0.6) is 0 Å². The van der Waals surface area contributed by atoms with Gasteiger partial charge < -0.3 is 24.9 Å². The topological polar surface area (TPSA) is 159 Å². The Bertz CT molecular complexity index is 1650. The summed E-state index contributed by atoms with van der Waals surface area (Å²) < 4.78 is 11.8. The van der Waals surface area contributed by atoms with Gasteiger partial charge in [0.15, 0.2) is 0 Å². The molecule has 2 amide bonds. The highest BCUT2D eigenvalue weighted by molar-refractivity contribution is 7.22. The number of hydrogen-bond acceptors (Lipinski definition) is 10. The molecule has 12 nitrogen and oxygen atoms in total. The smallest absolute Gasteiger partial charge is 0.407 e. The molecule has 13 heteroatoms. The maximum absolute atomic E-state index is 13.5. The number of benzene rings is 2. The molecule has 2 heterocycles. The molecule has 45 heavy (non-hydrogen) atoms. The number of nitrogens with one attached hydrogen (secondary N) is 2. The van der Waals surface area contributed by atoms with Crippen LogP contribution in [0.25, 0.3) is 10.1 Å². The van der Waals surface area contributed by atoms with Gasteiger partial charge in [0.05, 0.1) is 21.2 Å². The van der Waals surface area contributed by atoms with Crippen LogP contribution in [-0.2, 0) is 32.1 Å². The highest BCUT2D eigenvalue weighted by atomic mass is 32.1. The van der Waals surface area contributed by atoms with E-state index < -0.39 is 28.7 Å². The molecule has 0 fully saturated rings. The number of carbonyl (C=O) groups is 3. The molecule has 0 aliphatic carbocycles. The molecule has 0 saturated carbocycles. The molecule has 2 aromatic heterocycles. The minimum Gasteiger partial charge on any atom is -0.457 e. The Kier molecular flexibility index (Phi) is 10.7. The number of aryl methyl sites for hydroxylation is 1. The number of fused-ring (bicyclic) bond motifs is 1. The van der Waals surface area contributed by atoms with Gasteiger partial charge >= 0.3 is 12.1 Å². The lowest BCUT2D eigenvalue weighted by Crippen LogP contribution is -2.37. The van der Waals surface area contributed by atoms with Crippen LogP contribution < -0.4 is 10.6 Å². The number of amides is 2. The van der Waals surface area contributed by atoms with Crippen molar-refractivity contribution in [3.05, 3.63) is 105 Å². The molecule has 2 N–H and O–H groups in total. The zero-order valence-electron chi connectivity index (χ0n) is 25.3.